The maximum atomic E-state index is 12.0. The molecule has 0 saturated carbocycles. The molecule has 2 aromatic heterocycles. The fourth-order valence-corrected chi connectivity index (χ4v) is 3.25. The Bertz CT molecular complexity index is 937. The number of para-hydroxylation sites is 1. The van der Waals surface area contributed by atoms with Gasteiger partial charge in [0, 0.05) is 31.6 Å². The zero-order valence-corrected chi connectivity index (χ0v) is 14.4. The van der Waals surface area contributed by atoms with Crippen molar-refractivity contribution in [3.05, 3.63) is 59.5 Å². The molecule has 1 aliphatic heterocycles. The van der Waals surface area contributed by atoms with Crippen molar-refractivity contribution in [1.82, 2.24) is 25.0 Å². The molecule has 134 valence electrons. The van der Waals surface area contributed by atoms with Gasteiger partial charge in [0.15, 0.2) is 0 Å². The quantitative estimate of drug-likeness (QED) is 0.721. The highest BCUT2D eigenvalue weighted by atomic mass is 16.3. The van der Waals surface area contributed by atoms with Crippen LogP contribution in [-0.4, -0.2) is 50.4 Å². The summed E-state index contributed by atoms with van der Waals surface area (Å²) in [7, 11) is 0. The first kappa shape index (κ1) is 16.7. The van der Waals surface area contributed by atoms with Crippen molar-refractivity contribution < 1.29 is 9.90 Å². The monoisotopic (exact) mass is 351 g/mol. The number of aromatic nitrogens is 3. The van der Waals surface area contributed by atoms with E-state index in [1.165, 1.54) is 0 Å². The minimum absolute atomic E-state index is 0.0775. The van der Waals surface area contributed by atoms with Crippen LogP contribution in [0.25, 0.3) is 10.9 Å². The molecule has 0 spiro atoms. The molecule has 0 unspecified atom stereocenters. The van der Waals surface area contributed by atoms with Gasteiger partial charge < -0.3 is 10.4 Å². The fourth-order valence-electron chi connectivity index (χ4n) is 3.25. The summed E-state index contributed by atoms with van der Waals surface area (Å²) < 4.78 is 1.89. The molecule has 0 atom stereocenters. The number of rotatable bonds is 5. The Kier molecular flexibility index (Phi) is 4.64. The Labute approximate surface area is 151 Å². The number of benzene rings is 1. The van der Waals surface area contributed by atoms with Crippen molar-refractivity contribution in [3.8, 4) is 0 Å². The zero-order valence-electron chi connectivity index (χ0n) is 14.4. The van der Waals surface area contributed by atoms with E-state index in [9.17, 15) is 4.79 Å². The van der Waals surface area contributed by atoms with Gasteiger partial charge in [0.2, 0.25) is 0 Å². The van der Waals surface area contributed by atoms with Crippen LogP contribution in [0.5, 0.6) is 0 Å². The topological polar surface area (TPSA) is 83.3 Å². The summed E-state index contributed by atoms with van der Waals surface area (Å²) in [5.41, 5.74) is 3.47. The van der Waals surface area contributed by atoms with Crippen LogP contribution in [0, 0.1) is 0 Å². The number of nitrogens with one attached hydrogen (secondary N) is 1. The van der Waals surface area contributed by atoms with Crippen LogP contribution in [0.3, 0.4) is 0 Å². The molecule has 0 aliphatic carbocycles. The normalized spacial score (nSPS) is 14.3. The van der Waals surface area contributed by atoms with Gasteiger partial charge in [0.1, 0.15) is 5.69 Å². The van der Waals surface area contributed by atoms with Crippen molar-refractivity contribution in [2.45, 2.75) is 19.6 Å². The second-order valence-electron chi connectivity index (χ2n) is 6.43. The summed E-state index contributed by atoms with van der Waals surface area (Å²) in [6.07, 6.45) is 0. The third-order valence-corrected chi connectivity index (χ3v) is 4.55. The molecule has 2 N–H and O–H groups in total. The number of hydrogen-bond donors (Lipinski definition) is 2. The largest absolute Gasteiger partial charge is 0.395 e. The van der Waals surface area contributed by atoms with E-state index in [0.717, 1.165) is 48.5 Å². The molecular formula is C19H21N5O2. The summed E-state index contributed by atoms with van der Waals surface area (Å²) in [6.45, 7) is 3.26. The third kappa shape index (κ3) is 3.44. The molecule has 4 rings (SSSR count). The first-order valence-corrected chi connectivity index (χ1v) is 8.76. The highest BCUT2D eigenvalue weighted by Crippen LogP contribution is 2.17. The van der Waals surface area contributed by atoms with E-state index in [1.54, 1.807) is 0 Å². The van der Waals surface area contributed by atoms with E-state index >= 15 is 0 Å². The summed E-state index contributed by atoms with van der Waals surface area (Å²) in [5, 5.41) is 17.0. The van der Waals surface area contributed by atoms with Crippen LogP contribution >= 0.6 is 0 Å². The molecule has 0 saturated heterocycles. The predicted molar refractivity (Wildman–Crippen MR) is 97.5 cm³/mol. The molecule has 1 aliphatic rings. The molecule has 0 radical (unpaired) electrons. The Morgan fingerprint density at radius 3 is 2.96 bits per heavy atom. The van der Waals surface area contributed by atoms with Gasteiger partial charge in [0.25, 0.3) is 5.91 Å². The van der Waals surface area contributed by atoms with Crippen molar-refractivity contribution in [1.29, 1.82) is 0 Å². The van der Waals surface area contributed by atoms with E-state index < -0.39 is 0 Å². The predicted octanol–water partition coefficient (Wildman–Crippen LogP) is 1.17. The summed E-state index contributed by atoms with van der Waals surface area (Å²) in [6, 6.07) is 14.1. The van der Waals surface area contributed by atoms with Crippen LogP contribution in [0.15, 0.2) is 42.5 Å². The SMILES string of the molecule is O=C(NCCO)c1cc2n(n1)CCN(Cc1ccc3ccccc3n1)C2. The first-order chi connectivity index (χ1) is 12.7. The molecule has 0 fully saturated rings. The van der Waals surface area contributed by atoms with Gasteiger partial charge in [0.05, 0.1) is 30.1 Å². The maximum absolute atomic E-state index is 12.0. The lowest BCUT2D eigenvalue weighted by Gasteiger charge is -2.27. The second kappa shape index (κ2) is 7.23. The van der Waals surface area contributed by atoms with Crippen LogP contribution in [0.4, 0.5) is 0 Å². The molecule has 3 aromatic rings. The number of carbonyl (C=O) groups excluding carboxylic acids is 1. The Balaban J connectivity index is 1.45. The second-order valence-corrected chi connectivity index (χ2v) is 6.43. The van der Waals surface area contributed by atoms with E-state index in [1.807, 2.05) is 28.9 Å². The zero-order chi connectivity index (χ0) is 17.9. The Morgan fingerprint density at radius 2 is 2.08 bits per heavy atom. The Morgan fingerprint density at radius 1 is 1.19 bits per heavy atom. The van der Waals surface area contributed by atoms with Crippen LogP contribution in [0.1, 0.15) is 21.9 Å². The van der Waals surface area contributed by atoms with Gasteiger partial charge in [-0.25, -0.2) is 0 Å². The van der Waals surface area contributed by atoms with E-state index in [2.05, 4.69) is 33.5 Å². The molecule has 0 bridgehead atoms. The van der Waals surface area contributed by atoms with Crippen molar-refractivity contribution >= 4 is 16.8 Å². The molecule has 1 amide bonds. The van der Waals surface area contributed by atoms with E-state index in [0.29, 0.717) is 5.69 Å². The third-order valence-electron chi connectivity index (χ3n) is 4.55. The number of fused-ring (bicyclic) bond motifs is 2. The Hall–Kier alpha value is -2.77. The van der Waals surface area contributed by atoms with Gasteiger partial charge >= 0.3 is 0 Å². The van der Waals surface area contributed by atoms with E-state index in [4.69, 9.17) is 10.1 Å². The highest BCUT2D eigenvalue weighted by molar-refractivity contribution is 5.92. The van der Waals surface area contributed by atoms with Gasteiger partial charge in [-0.05, 0) is 18.2 Å². The number of aliphatic hydroxyl groups excluding tert-OH is 1. The van der Waals surface area contributed by atoms with Crippen molar-refractivity contribution in [2.24, 2.45) is 0 Å². The number of aliphatic hydroxyl groups is 1. The summed E-state index contributed by atoms with van der Waals surface area (Å²) >= 11 is 0. The minimum Gasteiger partial charge on any atom is -0.395 e. The lowest BCUT2D eigenvalue weighted by molar-refractivity contribution is 0.0938. The van der Waals surface area contributed by atoms with Gasteiger partial charge in [-0.1, -0.05) is 24.3 Å². The molecule has 1 aromatic carbocycles. The number of pyridine rings is 1. The van der Waals surface area contributed by atoms with Crippen molar-refractivity contribution in [2.75, 3.05) is 19.7 Å². The molecule has 7 heteroatoms. The van der Waals surface area contributed by atoms with Gasteiger partial charge in [-0.15, -0.1) is 0 Å². The average Bonchev–Trinajstić information content (AvgIpc) is 3.09. The maximum Gasteiger partial charge on any atom is 0.271 e. The van der Waals surface area contributed by atoms with E-state index in [-0.39, 0.29) is 19.1 Å². The highest BCUT2D eigenvalue weighted by Gasteiger charge is 2.21. The van der Waals surface area contributed by atoms with Gasteiger partial charge in [-0.3, -0.25) is 19.4 Å². The first-order valence-electron chi connectivity index (χ1n) is 8.76. The molecular weight excluding hydrogens is 330 g/mol. The number of amides is 1. The van der Waals surface area contributed by atoms with Gasteiger partial charge in [-0.2, -0.15) is 5.10 Å². The average molecular weight is 351 g/mol. The molecule has 7 nitrogen and oxygen atoms in total. The summed E-state index contributed by atoms with van der Waals surface area (Å²) in [5.74, 6) is -0.247. The standard InChI is InChI=1S/C19H21N5O2/c25-10-7-20-19(26)18-11-16-13-23(8-9-24(16)22-18)12-15-6-5-14-3-1-2-4-17(14)21-15/h1-6,11,25H,7-10,12-13H2,(H,20,26). The number of hydrogen-bond acceptors (Lipinski definition) is 5. The van der Waals surface area contributed by atoms with Crippen LogP contribution in [0.2, 0.25) is 0 Å². The smallest absolute Gasteiger partial charge is 0.271 e. The lowest BCUT2D eigenvalue weighted by Crippen LogP contribution is -2.33. The minimum atomic E-state index is -0.247. The van der Waals surface area contributed by atoms with Crippen LogP contribution in [-0.2, 0) is 19.6 Å². The summed E-state index contributed by atoms with van der Waals surface area (Å²) in [4.78, 5) is 19.0. The molecule has 26 heavy (non-hydrogen) atoms. The van der Waals surface area contributed by atoms with Crippen molar-refractivity contribution in [3.63, 3.8) is 0 Å². The number of nitrogens with zero attached hydrogens (tertiary/aromatic N) is 4. The van der Waals surface area contributed by atoms with Crippen LogP contribution < -0.4 is 5.32 Å². The fraction of sp³-hybridized carbons (Fsp3) is 0.316. The number of carbonyl (C=O) groups is 1. The lowest BCUT2D eigenvalue weighted by atomic mass is 10.2. The molecule has 3 heterocycles.